The molecule has 0 amide bonds. The van der Waals surface area contributed by atoms with E-state index in [9.17, 15) is 18.0 Å². The fourth-order valence-electron chi connectivity index (χ4n) is 2.26. The normalized spacial score (nSPS) is 11.2. The van der Waals surface area contributed by atoms with Crippen molar-refractivity contribution >= 4 is 33.4 Å². The van der Waals surface area contributed by atoms with Crippen molar-refractivity contribution in [3.05, 3.63) is 64.7 Å². The number of benzene rings is 2. The summed E-state index contributed by atoms with van der Waals surface area (Å²) in [5, 5.41) is 0.0901. The summed E-state index contributed by atoms with van der Waals surface area (Å²) in [5.41, 5.74) is 1.56. The lowest BCUT2D eigenvalue weighted by atomic mass is 10.1. The van der Waals surface area contributed by atoms with Crippen LogP contribution in [0.1, 0.15) is 29.3 Å². The first-order valence-corrected chi connectivity index (χ1v) is 10.2. The van der Waals surface area contributed by atoms with Gasteiger partial charge in [-0.05, 0) is 24.1 Å². The van der Waals surface area contributed by atoms with Crippen LogP contribution >= 0.6 is 11.6 Å². The third-order valence-corrected chi connectivity index (χ3v) is 5.76. The second kappa shape index (κ2) is 9.64. The van der Waals surface area contributed by atoms with Crippen LogP contribution in [0.15, 0.2) is 53.4 Å². The van der Waals surface area contributed by atoms with E-state index in [2.05, 4.69) is 4.72 Å². The molecule has 0 saturated heterocycles. The number of ketones is 1. The molecule has 0 aliphatic carbocycles. The predicted molar refractivity (Wildman–Crippen MR) is 102 cm³/mol. The molecule has 0 bridgehead atoms. The molecule has 0 saturated carbocycles. The van der Waals surface area contributed by atoms with Gasteiger partial charge in [-0.1, -0.05) is 54.9 Å². The van der Waals surface area contributed by atoms with Crippen LogP contribution in [0.25, 0.3) is 0 Å². The fourth-order valence-corrected chi connectivity index (χ4v) is 3.80. The van der Waals surface area contributed by atoms with Gasteiger partial charge in [0.1, 0.15) is 4.90 Å². The van der Waals surface area contributed by atoms with Crippen molar-refractivity contribution in [3.63, 3.8) is 0 Å². The van der Waals surface area contributed by atoms with Crippen LogP contribution < -0.4 is 4.72 Å². The summed E-state index contributed by atoms with van der Waals surface area (Å²) in [6, 6.07) is 13.1. The molecule has 2 rings (SSSR count). The van der Waals surface area contributed by atoms with Crippen LogP contribution in [0, 0.1) is 0 Å². The summed E-state index contributed by atoms with van der Waals surface area (Å²) in [5.74, 6) is -0.988. The Balaban J connectivity index is 1.79. The topological polar surface area (TPSA) is 89.5 Å². The number of ether oxygens (including phenoxy) is 1. The highest BCUT2D eigenvalue weighted by atomic mass is 35.5. The molecule has 0 radical (unpaired) electrons. The van der Waals surface area contributed by atoms with Crippen molar-refractivity contribution in [1.29, 1.82) is 0 Å². The molecule has 0 aliphatic rings. The van der Waals surface area contributed by atoms with Crippen LogP contribution in [-0.4, -0.2) is 33.3 Å². The molecule has 6 nitrogen and oxygen atoms in total. The lowest BCUT2D eigenvalue weighted by Crippen LogP contribution is -2.27. The lowest BCUT2D eigenvalue weighted by molar-refractivity contribution is -0.142. The highest BCUT2D eigenvalue weighted by Crippen LogP contribution is 2.19. The quantitative estimate of drug-likeness (QED) is 0.508. The van der Waals surface area contributed by atoms with Gasteiger partial charge in [0, 0.05) is 12.1 Å². The number of hydrogen-bond donors (Lipinski definition) is 1. The predicted octanol–water partition coefficient (Wildman–Crippen LogP) is 3.00. The molecule has 0 aliphatic heterocycles. The number of nitrogens with one attached hydrogen (secondary N) is 1. The smallest absolute Gasteiger partial charge is 0.307 e. The third kappa shape index (κ3) is 6.16. The number of sulfonamides is 1. The number of carbonyl (C=O) groups excluding carboxylic acids is 2. The maximum Gasteiger partial charge on any atom is 0.307 e. The molecule has 27 heavy (non-hydrogen) atoms. The highest BCUT2D eigenvalue weighted by molar-refractivity contribution is 7.89. The molecule has 0 atom stereocenters. The molecule has 0 spiro atoms. The first-order valence-electron chi connectivity index (χ1n) is 8.35. The summed E-state index contributed by atoms with van der Waals surface area (Å²) >= 11 is 5.86. The van der Waals surface area contributed by atoms with E-state index in [1.165, 1.54) is 12.1 Å². The van der Waals surface area contributed by atoms with E-state index in [-0.39, 0.29) is 35.3 Å². The number of esters is 1. The summed E-state index contributed by atoms with van der Waals surface area (Å²) in [6.07, 6.45) is 0.666. The van der Waals surface area contributed by atoms with Crippen molar-refractivity contribution in [1.82, 2.24) is 4.72 Å². The molecule has 8 heteroatoms. The van der Waals surface area contributed by atoms with E-state index < -0.39 is 16.0 Å². The van der Waals surface area contributed by atoms with Gasteiger partial charge in [0.25, 0.3) is 0 Å². The standard InChI is InChI=1S/C19H20ClNO5S/c1-2-14-7-9-15(10-8-14)17(22)13-26-19(23)11-12-21-27(24,25)18-6-4-3-5-16(18)20/h3-10,21H,2,11-13H2,1H3. The second-order valence-corrected chi connectivity index (χ2v) is 7.86. The Morgan fingerprint density at radius 3 is 2.37 bits per heavy atom. The molecule has 144 valence electrons. The number of Topliss-reactive ketones (excluding diaryl/α,β-unsaturated/α-hetero) is 1. The van der Waals surface area contributed by atoms with Crippen LogP contribution in [0.3, 0.4) is 0 Å². The molecule has 0 aromatic heterocycles. The zero-order chi connectivity index (χ0) is 19.9. The third-order valence-electron chi connectivity index (χ3n) is 3.80. The van der Waals surface area contributed by atoms with Gasteiger partial charge in [-0.15, -0.1) is 0 Å². The largest absolute Gasteiger partial charge is 0.457 e. The Morgan fingerprint density at radius 2 is 1.74 bits per heavy atom. The van der Waals surface area contributed by atoms with Crippen molar-refractivity contribution in [2.45, 2.75) is 24.7 Å². The Morgan fingerprint density at radius 1 is 1.07 bits per heavy atom. The fraction of sp³-hybridized carbons (Fsp3) is 0.263. The number of carbonyl (C=O) groups is 2. The van der Waals surface area contributed by atoms with Crippen LogP contribution in [0.2, 0.25) is 5.02 Å². The Bertz CT molecular complexity index is 910. The van der Waals surface area contributed by atoms with Gasteiger partial charge in [-0.25, -0.2) is 13.1 Å². The minimum Gasteiger partial charge on any atom is -0.457 e. The van der Waals surface area contributed by atoms with Crippen LogP contribution in [0.5, 0.6) is 0 Å². The van der Waals surface area contributed by atoms with Crippen molar-refractivity contribution < 1.29 is 22.7 Å². The Hall–Kier alpha value is -2.22. The second-order valence-electron chi connectivity index (χ2n) is 5.71. The van der Waals surface area contributed by atoms with Gasteiger partial charge in [0.2, 0.25) is 10.0 Å². The van der Waals surface area contributed by atoms with E-state index in [4.69, 9.17) is 16.3 Å². The van der Waals surface area contributed by atoms with E-state index in [1.54, 1.807) is 24.3 Å². The van der Waals surface area contributed by atoms with Gasteiger partial charge < -0.3 is 4.74 Å². The number of rotatable bonds is 9. The van der Waals surface area contributed by atoms with Gasteiger partial charge in [-0.2, -0.15) is 0 Å². The summed E-state index contributed by atoms with van der Waals surface area (Å²) < 4.78 is 31.5. The summed E-state index contributed by atoms with van der Waals surface area (Å²) in [7, 11) is -3.82. The van der Waals surface area contributed by atoms with Crippen LogP contribution in [0.4, 0.5) is 0 Å². The molecular formula is C19H20ClNO5S. The zero-order valence-electron chi connectivity index (χ0n) is 14.8. The minimum absolute atomic E-state index is 0.0641. The van der Waals surface area contributed by atoms with E-state index >= 15 is 0 Å². The SMILES string of the molecule is CCc1ccc(C(=O)COC(=O)CCNS(=O)(=O)c2ccccc2Cl)cc1. The maximum absolute atomic E-state index is 12.1. The Labute approximate surface area is 163 Å². The summed E-state index contributed by atoms with van der Waals surface area (Å²) in [4.78, 5) is 23.7. The molecule has 0 fully saturated rings. The minimum atomic E-state index is -3.82. The Kier molecular flexibility index (Phi) is 7.53. The van der Waals surface area contributed by atoms with Crippen molar-refractivity contribution in [3.8, 4) is 0 Å². The monoisotopic (exact) mass is 409 g/mol. The highest BCUT2D eigenvalue weighted by Gasteiger charge is 2.17. The van der Waals surface area contributed by atoms with Gasteiger partial charge in [0.05, 0.1) is 11.4 Å². The zero-order valence-corrected chi connectivity index (χ0v) is 16.3. The van der Waals surface area contributed by atoms with Crippen molar-refractivity contribution in [2.24, 2.45) is 0 Å². The average molecular weight is 410 g/mol. The number of hydrogen-bond acceptors (Lipinski definition) is 5. The van der Waals surface area contributed by atoms with Gasteiger partial charge in [-0.3, -0.25) is 9.59 Å². The van der Waals surface area contributed by atoms with E-state index in [1.807, 2.05) is 19.1 Å². The lowest BCUT2D eigenvalue weighted by Gasteiger charge is -2.08. The molecular weight excluding hydrogens is 390 g/mol. The van der Waals surface area contributed by atoms with Gasteiger partial charge >= 0.3 is 5.97 Å². The maximum atomic E-state index is 12.1. The molecule has 2 aromatic carbocycles. The molecule has 1 N–H and O–H groups in total. The first-order chi connectivity index (χ1) is 12.8. The van der Waals surface area contributed by atoms with Gasteiger partial charge in [0.15, 0.2) is 12.4 Å². The van der Waals surface area contributed by atoms with Crippen LogP contribution in [-0.2, 0) is 26.0 Å². The van der Waals surface area contributed by atoms with E-state index in [0.717, 1.165) is 12.0 Å². The molecule has 0 heterocycles. The first kappa shape index (κ1) is 21.1. The number of aryl methyl sites for hydroxylation is 1. The molecule has 0 unspecified atom stereocenters. The van der Waals surface area contributed by atoms with E-state index in [0.29, 0.717) is 5.56 Å². The molecule has 2 aromatic rings. The number of halogens is 1. The van der Waals surface area contributed by atoms with Crippen molar-refractivity contribution in [2.75, 3.05) is 13.2 Å². The summed E-state index contributed by atoms with van der Waals surface area (Å²) in [6.45, 7) is 1.46. The average Bonchev–Trinajstić information content (AvgIpc) is 2.66.